The van der Waals surface area contributed by atoms with Gasteiger partial charge in [-0.25, -0.2) is 0 Å². The van der Waals surface area contributed by atoms with Gasteiger partial charge in [-0.3, -0.25) is 0 Å². The summed E-state index contributed by atoms with van der Waals surface area (Å²) in [7, 11) is 1.79. The van der Waals surface area contributed by atoms with Crippen LogP contribution in [-0.4, -0.2) is 51.2 Å². The van der Waals surface area contributed by atoms with E-state index in [-0.39, 0.29) is 11.7 Å². The molecule has 4 nitrogen and oxygen atoms in total. The van der Waals surface area contributed by atoms with Crippen molar-refractivity contribution >= 4 is 0 Å². The first kappa shape index (κ1) is 14.3. The molecule has 4 unspecified atom stereocenters. The molecule has 4 atom stereocenters. The summed E-state index contributed by atoms with van der Waals surface area (Å²) in [5.41, 5.74) is -0.00987. The van der Waals surface area contributed by atoms with Crippen LogP contribution in [-0.2, 0) is 14.2 Å². The predicted octanol–water partition coefficient (Wildman–Crippen LogP) is 1.59. The third kappa shape index (κ3) is 3.05. The summed E-state index contributed by atoms with van der Waals surface area (Å²) in [5, 5.41) is 3.59. The lowest BCUT2D eigenvalue weighted by atomic mass is 9.79. The van der Waals surface area contributed by atoms with Gasteiger partial charge in [0.1, 0.15) is 0 Å². The van der Waals surface area contributed by atoms with Crippen LogP contribution in [0, 0.1) is 5.92 Å². The molecule has 2 aliphatic heterocycles. The van der Waals surface area contributed by atoms with E-state index in [0.717, 1.165) is 45.6 Å². The van der Waals surface area contributed by atoms with Crippen molar-refractivity contribution in [1.82, 2.24) is 5.32 Å². The van der Waals surface area contributed by atoms with Crippen LogP contribution in [0.4, 0.5) is 0 Å². The van der Waals surface area contributed by atoms with E-state index in [9.17, 15) is 0 Å². The summed E-state index contributed by atoms with van der Waals surface area (Å²) in [6, 6.07) is 0.418. The maximum absolute atomic E-state index is 6.00. The summed E-state index contributed by atoms with van der Waals surface area (Å²) < 4.78 is 17.1. The highest BCUT2D eigenvalue weighted by Crippen LogP contribution is 2.37. The minimum Gasteiger partial charge on any atom is -0.380 e. The largest absolute Gasteiger partial charge is 0.380 e. The molecule has 1 spiro atoms. The minimum absolute atomic E-state index is 0.00987. The van der Waals surface area contributed by atoms with E-state index >= 15 is 0 Å². The highest BCUT2D eigenvalue weighted by Gasteiger charge is 2.43. The van der Waals surface area contributed by atoms with Crippen molar-refractivity contribution in [3.8, 4) is 0 Å². The fourth-order valence-corrected chi connectivity index (χ4v) is 3.33. The molecule has 2 fully saturated rings. The fraction of sp³-hybridized carbons (Fsp3) is 1.00. The zero-order valence-electron chi connectivity index (χ0n) is 11.9. The molecule has 0 aromatic carbocycles. The lowest BCUT2D eigenvalue weighted by Gasteiger charge is -2.42. The number of nitrogens with one attached hydrogen (secondary N) is 1. The first-order chi connectivity index (χ1) is 8.71. The van der Waals surface area contributed by atoms with Crippen molar-refractivity contribution < 1.29 is 14.2 Å². The van der Waals surface area contributed by atoms with Gasteiger partial charge in [0, 0.05) is 32.8 Å². The van der Waals surface area contributed by atoms with Gasteiger partial charge in [-0.1, -0.05) is 6.92 Å². The van der Waals surface area contributed by atoms with Gasteiger partial charge in [-0.15, -0.1) is 0 Å². The van der Waals surface area contributed by atoms with Gasteiger partial charge in [-0.05, 0) is 32.2 Å². The van der Waals surface area contributed by atoms with Gasteiger partial charge in [0.25, 0.3) is 0 Å². The zero-order valence-corrected chi connectivity index (χ0v) is 11.9. The molecular formula is C14H27NO3. The molecule has 106 valence electrons. The van der Waals surface area contributed by atoms with E-state index in [0.29, 0.717) is 12.0 Å². The van der Waals surface area contributed by atoms with Crippen LogP contribution in [0.2, 0.25) is 0 Å². The van der Waals surface area contributed by atoms with Crippen molar-refractivity contribution in [2.45, 2.75) is 50.9 Å². The first-order valence-corrected chi connectivity index (χ1v) is 7.18. The Bertz CT molecular complexity index is 253. The topological polar surface area (TPSA) is 39.7 Å². The van der Waals surface area contributed by atoms with Crippen LogP contribution < -0.4 is 5.32 Å². The smallest absolute Gasteiger partial charge is 0.0939 e. The summed E-state index contributed by atoms with van der Waals surface area (Å²) in [5.74, 6) is 0.621. The monoisotopic (exact) mass is 257 g/mol. The molecule has 2 rings (SSSR count). The Labute approximate surface area is 110 Å². The molecule has 1 N–H and O–H groups in total. The van der Waals surface area contributed by atoms with Crippen LogP contribution in [0.5, 0.6) is 0 Å². The third-order valence-electron chi connectivity index (χ3n) is 4.42. The maximum atomic E-state index is 6.00. The number of hydrogen-bond donors (Lipinski definition) is 1. The van der Waals surface area contributed by atoms with E-state index in [1.807, 2.05) is 0 Å². The Morgan fingerprint density at radius 1 is 1.44 bits per heavy atom. The number of likely N-dealkylation sites (N-methyl/N-ethyl adjacent to an activating group) is 1. The summed E-state index contributed by atoms with van der Waals surface area (Å²) in [4.78, 5) is 0. The highest BCUT2D eigenvalue weighted by atomic mass is 16.6. The first-order valence-electron chi connectivity index (χ1n) is 7.18. The number of rotatable bonds is 5. The molecule has 0 aliphatic carbocycles. The second kappa shape index (κ2) is 6.33. The Kier molecular flexibility index (Phi) is 5.01. The van der Waals surface area contributed by atoms with Crippen LogP contribution in [0.1, 0.15) is 33.1 Å². The average molecular weight is 257 g/mol. The van der Waals surface area contributed by atoms with Gasteiger partial charge in [0.05, 0.1) is 18.3 Å². The van der Waals surface area contributed by atoms with E-state index in [1.54, 1.807) is 7.11 Å². The SMILES string of the molecule is CCNC(C1CCOC2(CCOC2)C1)C(C)OC. The Balaban J connectivity index is 2.00. The summed E-state index contributed by atoms with van der Waals surface area (Å²) in [6.45, 7) is 7.76. The van der Waals surface area contributed by atoms with E-state index in [4.69, 9.17) is 14.2 Å². The van der Waals surface area contributed by atoms with Crippen molar-refractivity contribution in [2.24, 2.45) is 5.92 Å². The van der Waals surface area contributed by atoms with Crippen molar-refractivity contribution in [3.05, 3.63) is 0 Å². The highest BCUT2D eigenvalue weighted by molar-refractivity contribution is 4.95. The molecule has 2 saturated heterocycles. The van der Waals surface area contributed by atoms with E-state index < -0.39 is 0 Å². The molecule has 0 aromatic rings. The molecule has 0 bridgehead atoms. The fourth-order valence-electron chi connectivity index (χ4n) is 3.33. The van der Waals surface area contributed by atoms with Crippen LogP contribution in [0.3, 0.4) is 0 Å². The minimum atomic E-state index is -0.00987. The van der Waals surface area contributed by atoms with Crippen molar-refractivity contribution in [3.63, 3.8) is 0 Å². The molecule has 18 heavy (non-hydrogen) atoms. The van der Waals surface area contributed by atoms with Crippen LogP contribution in [0.15, 0.2) is 0 Å². The second-order valence-electron chi connectivity index (χ2n) is 5.61. The molecule has 0 amide bonds. The summed E-state index contributed by atoms with van der Waals surface area (Å²) >= 11 is 0. The van der Waals surface area contributed by atoms with Crippen LogP contribution >= 0.6 is 0 Å². The molecule has 2 heterocycles. The van der Waals surface area contributed by atoms with Gasteiger partial charge in [0.15, 0.2) is 0 Å². The quantitative estimate of drug-likeness (QED) is 0.812. The predicted molar refractivity (Wildman–Crippen MR) is 70.8 cm³/mol. The molecule has 2 aliphatic rings. The Morgan fingerprint density at radius 2 is 2.28 bits per heavy atom. The number of methoxy groups -OCH3 is 1. The molecule has 0 radical (unpaired) electrons. The van der Waals surface area contributed by atoms with Gasteiger partial charge < -0.3 is 19.5 Å². The van der Waals surface area contributed by atoms with Gasteiger partial charge >= 0.3 is 0 Å². The zero-order chi connectivity index (χ0) is 13.0. The average Bonchev–Trinajstić information content (AvgIpc) is 2.83. The standard InChI is InChI=1S/C14H27NO3/c1-4-15-13(11(2)16-3)12-5-7-18-14(9-12)6-8-17-10-14/h11-13,15H,4-10H2,1-3H3. The van der Waals surface area contributed by atoms with Gasteiger partial charge in [0.2, 0.25) is 0 Å². The van der Waals surface area contributed by atoms with Gasteiger partial charge in [-0.2, -0.15) is 0 Å². The number of ether oxygens (including phenoxy) is 3. The molecule has 0 aromatic heterocycles. The van der Waals surface area contributed by atoms with E-state index in [2.05, 4.69) is 19.2 Å². The molecule has 0 saturated carbocycles. The molecule has 4 heteroatoms. The second-order valence-corrected chi connectivity index (χ2v) is 5.61. The van der Waals surface area contributed by atoms with Crippen molar-refractivity contribution in [1.29, 1.82) is 0 Å². The lowest BCUT2D eigenvalue weighted by Crippen LogP contribution is -2.51. The third-order valence-corrected chi connectivity index (χ3v) is 4.42. The van der Waals surface area contributed by atoms with Crippen LogP contribution in [0.25, 0.3) is 0 Å². The Hall–Kier alpha value is -0.160. The normalized spacial score (nSPS) is 35.8. The lowest BCUT2D eigenvalue weighted by molar-refractivity contribution is -0.110. The van der Waals surface area contributed by atoms with Crippen molar-refractivity contribution in [2.75, 3.05) is 33.5 Å². The molecular weight excluding hydrogens is 230 g/mol. The van der Waals surface area contributed by atoms with E-state index in [1.165, 1.54) is 0 Å². The Morgan fingerprint density at radius 3 is 2.89 bits per heavy atom. The summed E-state index contributed by atoms with van der Waals surface area (Å²) in [6.07, 6.45) is 3.50. The number of hydrogen-bond acceptors (Lipinski definition) is 4. The maximum Gasteiger partial charge on any atom is 0.0939 e.